The minimum Gasteiger partial charge on any atom is -0.325 e. The van der Waals surface area contributed by atoms with E-state index in [4.69, 9.17) is 5.73 Å². The van der Waals surface area contributed by atoms with Gasteiger partial charge < -0.3 is 5.73 Å². The molecule has 0 spiro atoms. The van der Waals surface area contributed by atoms with E-state index in [1.54, 1.807) is 0 Å². The first kappa shape index (κ1) is 13.7. The molecule has 96 valence electrons. The highest BCUT2D eigenvalue weighted by molar-refractivity contribution is 4.97. The van der Waals surface area contributed by atoms with Crippen LogP contribution in [0.5, 0.6) is 0 Å². The molecule has 0 aromatic rings. The molecule has 0 amide bonds. The molecule has 2 N–H and O–H groups in total. The molecule has 1 rings (SSSR count). The summed E-state index contributed by atoms with van der Waals surface area (Å²) in [6.07, 6.45) is -5.69. The van der Waals surface area contributed by atoms with Crippen molar-refractivity contribution in [3.8, 4) is 0 Å². The highest BCUT2D eigenvalue weighted by atomic mass is 19.4. The summed E-state index contributed by atoms with van der Waals surface area (Å²) in [6, 6.07) is -1.42. The van der Waals surface area contributed by atoms with Gasteiger partial charge in [0.1, 0.15) is 6.17 Å². The normalized spacial score (nSPS) is 41.4. The maximum Gasteiger partial charge on any atom is 0.393 e. The zero-order valence-electron chi connectivity index (χ0n) is 9.76. The summed E-state index contributed by atoms with van der Waals surface area (Å²) in [6.45, 7) is 5.16. The largest absolute Gasteiger partial charge is 0.393 e. The van der Waals surface area contributed by atoms with E-state index in [0.717, 1.165) is 0 Å². The van der Waals surface area contributed by atoms with Crippen molar-refractivity contribution in [2.45, 2.75) is 45.6 Å². The van der Waals surface area contributed by atoms with Gasteiger partial charge in [-0.2, -0.15) is 13.2 Å². The molecule has 5 unspecified atom stereocenters. The lowest BCUT2D eigenvalue weighted by Gasteiger charge is -2.43. The van der Waals surface area contributed by atoms with Gasteiger partial charge in [-0.3, -0.25) is 0 Å². The van der Waals surface area contributed by atoms with Crippen LogP contribution in [0.15, 0.2) is 0 Å². The minimum absolute atomic E-state index is 0.0256. The van der Waals surface area contributed by atoms with Gasteiger partial charge in [0.2, 0.25) is 0 Å². The first-order chi connectivity index (χ1) is 7.16. The van der Waals surface area contributed by atoms with Crippen LogP contribution < -0.4 is 5.73 Å². The molecule has 1 aliphatic carbocycles. The van der Waals surface area contributed by atoms with Crippen LogP contribution in [-0.4, -0.2) is 18.4 Å². The molecule has 5 heteroatoms. The molecule has 0 bridgehead atoms. The van der Waals surface area contributed by atoms with Gasteiger partial charge in [0.25, 0.3) is 0 Å². The van der Waals surface area contributed by atoms with Crippen molar-refractivity contribution in [3.63, 3.8) is 0 Å². The lowest BCUT2D eigenvalue weighted by Crippen LogP contribution is -2.56. The van der Waals surface area contributed by atoms with Crippen LogP contribution in [-0.2, 0) is 0 Å². The Labute approximate surface area is 93.4 Å². The van der Waals surface area contributed by atoms with Gasteiger partial charge in [0.05, 0.1) is 5.92 Å². The second-order valence-corrected chi connectivity index (χ2v) is 5.21. The molecule has 0 aliphatic heterocycles. The predicted octanol–water partition coefficient (Wildman–Crippen LogP) is 3.14. The van der Waals surface area contributed by atoms with Crippen LogP contribution >= 0.6 is 0 Å². The molecule has 0 aromatic carbocycles. The Bertz CT molecular complexity index is 239. The fourth-order valence-electron chi connectivity index (χ4n) is 2.75. The van der Waals surface area contributed by atoms with Crippen LogP contribution in [0.2, 0.25) is 0 Å². The number of halogens is 4. The smallest absolute Gasteiger partial charge is 0.325 e. The lowest BCUT2D eigenvalue weighted by atomic mass is 9.67. The van der Waals surface area contributed by atoms with Gasteiger partial charge in [0, 0.05) is 6.04 Å². The molecule has 0 radical (unpaired) electrons. The Morgan fingerprint density at radius 1 is 1.25 bits per heavy atom. The fraction of sp³-hybridized carbons (Fsp3) is 1.00. The summed E-state index contributed by atoms with van der Waals surface area (Å²) in [5.74, 6) is -2.65. The predicted molar refractivity (Wildman–Crippen MR) is 54.5 cm³/mol. The van der Waals surface area contributed by atoms with Gasteiger partial charge in [-0.1, -0.05) is 20.8 Å². The van der Waals surface area contributed by atoms with Gasteiger partial charge in [-0.05, 0) is 24.2 Å². The molecule has 0 saturated heterocycles. The summed E-state index contributed by atoms with van der Waals surface area (Å²) in [7, 11) is 0. The van der Waals surface area contributed by atoms with E-state index >= 15 is 0 Å². The van der Waals surface area contributed by atoms with Crippen LogP contribution in [0.1, 0.15) is 27.2 Å². The summed E-state index contributed by atoms with van der Waals surface area (Å²) in [5, 5.41) is 0. The Hall–Kier alpha value is -0.320. The van der Waals surface area contributed by atoms with E-state index in [-0.39, 0.29) is 18.3 Å². The van der Waals surface area contributed by atoms with Crippen molar-refractivity contribution in [1.29, 1.82) is 0 Å². The van der Waals surface area contributed by atoms with Gasteiger partial charge >= 0.3 is 6.18 Å². The van der Waals surface area contributed by atoms with Crippen molar-refractivity contribution in [3.05, 3.63) is 0 Å². The van der Waals surface area contributed by atoms with E-state index < -0.39 is 30.2 Å². The molecule has 0 heterocycles. The Morgan fingerprint density at radius 2 is 1.75 bits per heavy atom. The zero-order chi connectivity index (χ0) is 12.7. The molecule has 5 atom stereocenters. The molecule has 1 fully saturated rings. The Kier molecular flexibility index (Phi) is 3.87. The number of nitrogens with two attached hydrogens (primary N) is 1. The standard InChI is InChI=1S/C11H19F4N/c1-5(2)7-4-6(3)8(11(13,14)15)10(16)9(7)12/h5-10H,4,16H2,1-3H3. The lowest BCUT2D eigenvalue weighted by molar-refractivity contribution is -0.211. The molecule has 1 nitrogen and oxygen atoms in total. The Morgan fingerprint density at radius 3 is 2.12 bits per heavy atom. The number of hydrogen-bond donors (Lipinski definition) is 1. The topological polar surface area (TPSA) is 26.0 Å². The van der Waals surface area contributed by atoms with Crippen molar-refractivity contribution < 1.29 is 17.6 Å². The number of alkyl halides is 4. The SMILES string of the molecule is CC(C)C1CC(C)C(C(F)(F)F)C(N)C1F. The second kappa shape index (κ2) is 4.51. The van der Waals surface area contributed by atoms with E-state index in [2.05, 4.69) is 0 Å². The molecule has 16 heavy (non-hydrogen) atoms. The number of rotatable bonds is 1. The second-order valence-electron chi connectivity index (χ2n) is 5.21. The minimum atomic E-state index is -4.40. The summed E-state index contributed by atoms with van der Waals surface area (Å²) in [4.78, 5) is 0. The van der Waals surface area contributed by atoms with Gasteiger partial charge in [-0.25, -0.2) is 4.39 Å². The maximum atomic E-state index is 13.8. The third kappa shape index (κ3) is 2.50. The molecule has 1 aliphatic rings. The molecule has 1 saturated carbocycles. The zero-order valence-corrected chi connectivity index (χ0v) is 9.76. The quantitative estimate of drug-likeness (QED) is 0.701. The maximum absolute atomic E-state index is 13.8. The number of hydrogen-bond acceptors (Lipinski definition) is 1. The fourth-order valence-corrected chi connectivity index (χ4v) is 2.75. The molecular weight excluding hydrogens is 222 g/mol. The summed E-state index contributed by atoms with van der Waals surface area (Å²) in [5.41, 5.74) is 5.43. The van der Waals surface area contributed by atoms with Gasteiger partial charge in [-0.15, -0.1) is 0 Å². The first-order valence-corrected chi connectivity index (χ1v) is 5.62. The van der Waals surface area contributed by atoms with E-state index in [1.807, 2.05) is 13.8 Å². The van der Waals surface area contributed by atoms with E-state index in [0.29, 0.717) is 0 Å². The molecule has 0 aromatic heterocycles. The van der Waals surface area contributed by atoms with Gasteiger partial charge in [0.15, 0.2) is 0 Å². The van der Waals surface area contributed by atoms with Crippen molar-refractivity contribution in [2.75, 3.05) is 0 Å². The third-order valence-corrected chi connectivity index (χ3v) is 3.68. The molecular formula is C11H19F4N. The Balaban J connectivity index is 2.88. The summed E-state index contributed by atoms with van der Waals surface area (Å²) >= 11 is 0. The first-order valence-electron chi connectivity index (χ1n) is 5.62. The monoisotopic (exact) mass is 241 g/mol. The average Bonchev–Trinajstić information content (AvgIpc) is 2.08. The highest BCUT2D eigenvalue weighted by Crippen LogP contribution is 2.45. The van der Waals surface area contributed by atoms with Crippen LogP contribution in [0.4, 0.5) is 17.6 Å². The van der Waals surface area contributed by atoms with Crippen molar-refractivity contribution in [2.24, 2.45) is 29.4 Å². The van der Waals surface area contributed by atoms with Crippen molar-refractivity contribution in [1.82, 2.24) is 0 Å². The van der Waals surface area contributed by atoms with Crippen LogP contribution in [0.25, 0.3) is 0 Å². The van der Waals surface area contributed by atoms with Crippen LogP contribution in [0, 0.1) is 23.7 Å². The highest BCUT2D eigenvalue weighted by Gasteiger charge is 2.54. The van der Waals surface area contributed by atoms with E-state index in [1.165, 1.54) is 6.92 Å². The third-order valence-electron chi connectivity index (χ3n) is 3.68. The van der Waals surface area contributed by atoms with Crippen LogP contribution in [0.3, 0.4) is 0 Å². The van der Waals surface area contributed by atoms with Crippen molar-refractivity contribution >= 4 is 0 Å². The van der Waals surface area contributed by atoms with E-state index in [9.17, 15) is 17.6 Å². The summed E-state index contributed by atoms with van der Waals surface area (Å²) < 4.78 is 51.9. The average molecular weight is 241 g/mol.